The first-order chi connectivity index (χ1) is 26.8. The monoisotopic (exact) mass is 690 g/mol. The van der Waals surface area contributed by atoms with Crippen molar-refractivity contribution in [1.29, 1.82) is 0 Å². The van der Waals surface area contributed by atoms with Crippen LogP contribution in [0.3, 0.4) is 0 Å². The summed E-state index contributed by atoms with van der Waals surface area (Å²) in [6.07, 6.45) is 0. The smallest absolute Gasteiger partial charge is 0.227 e. The molecule has 3 nitrogen and oxygen atoms in total. The second-order valence-corrected chi connectivity index (χ2v) is 13.6. The van der Waals surface area contributed by atoms with Crippen LogP contribution >= 0.6 is 0 Å². The molecule has 0 saturated heterocycles. The van der Waals surface area contributed by atoms with Crippen molar-refractivity contribution in [3.05, 3.63) is 206 Å². The summed E-state index contributed by atoms with van der Waals surface area (Å²) in [7, 11) is 0. The molecule has 1 aromatic heterocycles. The number of para-hydroxylation sites is 1. The molecule has 0 bridgehead atoms. The quantitative estimate of drug-likeness (QED) is 0.167. The highest BCUT2D eigenvalue weighted by Gasteiger charge is 2.19. The van der Waals surface area contributed by atoms with Crippen LogP contribution < -0.4 is 4.90 Å². The molecule has 1 heterocycles. The largest absolute Gasteiger partial charge is 0.435 e. The summed E-state index contributed by atoms with van der Waals surface area (Å²) in [5.74, 6) is 0.628. The van der Waals surface area contributed by atoms with Gasteiger partial charge in [-0.3, -0.25) is 0 Å². The van der Waals surface area contributed by atoms with Gasteiger partial charge in [0.2, 0.25) is 5.89 Å². The summed E-state index contributed by atoms with van der Waals surface area (Å²) in [5, 5.41) is 4.51. The van der Waals surface area contributed by atoms with E-state index in [1.165, 1.54) is 27.6 Å². The van der Waals surface area contributed by atoms with Crippen LogP contribution in [0.15, 0.2) is 211 Å². The lowest BCUT2D eigenvalue weighted by Crippen LogP contribution is -2.11. The van der Waals surface area contributed by atoms with Crippen molar-refractivity contribution in [3.8, 4) is 44.8 Å². The van der Waals surface area contributed by atoms with Crippen LogP contribution in [0.4, 0.5) is 17.1 Å². The van der Waals surface area contributed by atoms with Gasteiger partial charge < -0.3 is 9.32 Å². The summed E-state index contributed by atoms with van der Waals surface area (Å²) < 4.78 is 6.53. The molecule has 0 atom stereocenters. The van der Waals surface area contributed by atoms with Crippen LogP contribution in [0.2, 0.25) is 0 Å². The average molecular weight is 691 g/mol. The molecule has 0 spiro atoms. The van der Waals surface area contributed by atoms with Crippen molar-refractivity contribution in [2.75, 3.05) is 4.90 Å². The first kappa shape index (κ1) is 31.5. The van der Waals surface area contributed by atoms with Crippen LogP contribution in [0.25, 0.3) is 77.5 Å². The molecule has 0 N–H and O–H groups in total. The van der Waals surface area contributed by atoms with E-state index in [1.54, 1.807) is 0 Å². The fourth-order valence-corrected chi connectivity index (χ4v) is 7.63. The van der Waals surface area contributed by atoms with Gasteiger partial charge in [-0.2, -0.15) is 0 Å². The van der Waals surface area contributed by atoms with E-state index in [4.69, 9.17) is 9.40 Å². The van der Waals surface area contributed by atoms with Gasteiger partial charge in [0.15, 0.2) is 5.58 Å². The van der Waals surface area contributed by atoms with Gasteiger partial charge in [-0.05, 0) is 98.6 Å². The lowest BCUT2D eigenvalue weighted by molar-refractivity contribution is 0.623. The second kappa shape index (κ2) is 13.4. The molecule has 0 aliphatic carbocycles. The molecule has 0 fully saturated rings. The number of rotatable bonds is 7. The Morgan fingerprint density at radius 1 is 0.370 bits per heavy atom. The molecule has 254 valence electrons. The molecule has 0 aliphatic heterocycles. The Kier molecular flexibility index (Phi) is 7.81. The van der Waals surface area contributed by atoms with E-state index in [0.29, 0.717) is 5.89 Å². The van der Waals surface area contributed by atoms with Crippen molar-refractivity contribution in [1.82, 2.24) is 4.98 Å². The molecular weight excluding hydrogens is 657 g/mol. The van der Waals surface area contributed by atoms with E-state index in [2.05, 4.69) is 181 Å². The minimum Gasteiger partial charge on any atom is -0.435 e. The third-order valence-corrected chi connectivity index (χ3v) is 10.3. The SMILES string of the molecule is c1ccc(-c2ccc(N(c3ccc4ccc(-c5cccc6ccc7nc(-c8ccccc8)oc7c56)cc4c3)c3ccccc3-c3ccccc3)cc2)cc1. The minimum atomic E-state index is 0.628. The van der Waals surface area contributed by atoms with Gasteiger partial charge in [-0.15, -0.1) is 0 Å². The van der Waals surface area contributed by atoms with Gasteiger partial charge in [0.1, 0.15) is 5.52 Å². The molecule has 10 aromatic rings. The molecule has 10 rings (SSSR count). The highest BCUT2D eigenvalue weighted by atomic mass is 16.3. The number of hydrogen-bond acceptors (Lipinski definition) is 3. The molecule has 9 aromatic carbocycles. The maximum absolute atomic E-state index is 6.53. The Bertz CT molecular complexity index is 2920. The Morgan fingerprint density at radius 3 is 1.74 bits per heavy atom. The van der Waals surface area contributed by atoms with Crippen LogP contribution in [-0.2, 0) is 0 Å². The van der Waals surface area contributed by atoms with Gasteiger partial charge >= 0.3 is 0 Å². The van der Waals surface area contributed by atoms with E-state index in [9.17, 15) is 0 Å². The normalized spacial score (nSPS) is 11.3. The molecule has 3 heteroatoms. The van der Waals surface area contributed by atoms with Gasteiger partial charge in [0.25, 0.3) is 0 Å². The maximum Gasteiger partial charge on any atom is 0.227 e. The zero-order valence-electron chi connectivity index (χ0n) is 29.4. The molecular formula is C51H34N2O. The summed E-state index contributed by atoms with van der Waals surface area (Å²) in [6, 6.07) is 73.0. The molecule has 0 unspecified atom stereocenters. The number of oxazole rings is 1. The van der Waals surface area contributed by atoms with Gasteiger partial charge in [0.05, 0.1) is 5.69 Å². The third kappa shape index (κ3) is 5.69. The lowest BCUT2D eigenvalue weighted by Gasteiger charge is -2.28. The van der Waals surface area contributed by atoms with Crippen LogP contribution in [-0.4, -0.2) is 4.98 Å². The van der Waals surface area contributed by atoms with Crippen molar-refractivity contribution in [2.24, 2.45) is 0 Å². The van der Waals surface area contributed by atoms with E-state index in [0.717, 1.165) is 61.0 Å². The lowest BCUT2D eigenvalue weighted by atomic mass is 9.95. The Hall–Kier alpha value is -7.23. The van der Waals surface area contributed by atoms with E-state index >= 15 is 0 Å². The third-order valence-electron chi connectivity index (χ3n) is 10.3. The van der Waals surface area contributed by atoms with E-state index in [1.807, 2.05) is 30.3 Å². The average Bonchev–Trinajstić information content (AvgIpc) is 3.70. The Balaban J connectivity index is 1.13. The number of aromatic nitrogens is 1. The van der Waals surface area contributed by atoms with Gasteiger partial charge in [0, 0.05) is 27.9 Å². The molecule has 0 saturated carbocycles. The summed E-state index contributed by atoms with van der Waals surface area (Å²) in [5.41, 5.74) is 12.9. The molecule has 0 radical (unpaired) electrons. The molecule has 0 amide bonds. The zero-order chi connectivity index (χ0) is 35.8. The number of anilines is 3. The predicted octanol–water partition coefficient (Wildman–Crippen LogP) is 14.3. The Morgan fingerprint density at radius 2 is 0.963 bits per heavy atom. The van der Waals surface area contributed by atoms with Gasteiger partial charge in [-0.1, -0.05) is 152 Å². The first-order valence-corrected chi connectivity index (χ1v) is 18.3. The fourth-order valence-electron chi connectivity index (χ4n) is 7.63. The van der Waals surface area contributed by atoms with E-state index in [-0.39, 0.29) is 0 Å². The standard InChI is InChI=1S/C51H34N2O/c1-4-13-35(14-5-1)36-25-29-43(30-26-36)53(48-22-11-10-20-45(48)38-15-6-2-7-16-38)44-31-27-37-23-24-41(33-42(37)34-44)46-21-12-19-39-28-32-47-50(49(39)46)54-51(52-47)40-17-8-3-9-18-40/h1-34H. The van der Waals surface area contributed by atoms with Crippen LogP contribution in [0, 0.1) is 0 Å². The Labute approximate surface area is 314 Å². The first-order valence-electron chi connectivity index (χ1n) is 18.3. The maximum atomic E-state index is 6.53. The zero-order valence-corrected chi connectivity index (χ0v) is 29.4. The van der Waals surface area contributed by atoms with Gasteiger partial charge in [-0.25, -0.2) is 4.98 Å². The molecule has 0 aliphatic rings. The summed E-state index contributed by atoms with van der Waals surface area (Å²) >= 11 is 0. The molecule has 54 heavy (non-hydrogen) atoms. The van der Waals surface area contributed by atoms with Crippen LogP contribution in [0.5, 0.6) is 0 Å². The summed E-state index contributed by atoms with van der Waals surface area (Å²) in [4.78, 5) is 7.26. The minimum absolute atomic E-state index is 0.628. The number of hydrogen-bond donors (Lipinski definition) is 0. The highest BCUT2D eigenvalue weighted by Crippen LogP contribution is 2.43. The number of benzene rings is 9. The second-order valence-electron chi connectivity index (χ2n) is 13.6. The van der Waals surface area contributed by atoms with Crippen molar-refractivity contribution in [3.63, 3.8) is 0 Å². The van der Waals surface area contributed by atoms with Crippen molar-refractivity contribution < 1.29 is 4.42 Å². The summed E-state index contributed by atoms with van der Waals surface area (Å²) in [6.45, 7) is 0. The van der Waals surface area contributed by atoms with Crippen molar-refractivity contribution in [2.45, 2.75) is 0 Å². The van der Waals surface area contributed by atoms with Crippen molar-refractivity contribution >= 4 is 49.7 Å². The van der Waals surface area contributed by atoms with E-state index < -0.39 is 0 Å². The highest BCUT2D eigenvalue weighted by molar-refractivity contribution is 6.12. The fraction of sp³-hybridized carbons (Fsp3) is 0. The number of nitrogens with zero attached hydrogens (tertiary/aromatic N) is 2. The topological polar surface area (TPSA) is 29.3 Å². The van der Waals surface area contributed by atoms with Crippen LogP contribution in [0.1, 0.15) is 0 Å². The number of fused-ring (bicyclic) bond motifs is 4. The predicted molar refractivity (Wildman–Crippen MR) is 225 cm³/mol.